The lowest BCUT2D eigenvalue weighted by Crippen LogP contribution is -2.43. The van der Waals surface area contributed by atoms with Crippen LogP contribution >= 0.6 is 11.6 Å². The number of halogens is 2. The van der Waals surface area contributed by atoms with Gasteiger partial charge in [-0.15, -0.1) is 0 Å². The number of rotatable bonds is 5. The number of nitrogens with zero attached hydrogens (tertiary/aromatic N) is 1. The predicted octanol–water partition coefficient (Wildman–Crippen LogP) is 5.60. The van der Waals surface area contributed by atoms with Crippen molar-refractivity contribution in [2.45, 2.75) is 45.6 Å². The van der Waals surface area contributed by atoms with E-state index in [1.807, 2.05) is 0 Å². The number of hydrogen-bond acceptors (Lipinski definition) is 4. The second-order valence-corrected chi connectivity index (χ2v) is 9.63. The number of amides is 1. The van der Waals surface area contributed by atoms with Crippen molar-refractivity contribution in [1.29, 1.82) is 0 Å². The fourth-order valence-electron chi connectivity index (χ4n) is 3.84. The molecule has 3 rings (SSSR count). The van der Waals surface area contributed by atoms with E-state index < -0.39 is 29.4 Å². The Morgan fingerprint density at radius 3 is 2.27 bits per heavy atom. The van der Waals surface area contributed by atoms with Crippen LogP contribution in [0.4, 0.5) is 9.18 Å². The molecule has 0 aromatic heterocycles. The highest BCUT2D eigenvalue weighted by Crippen LogP contribution is 2.27. The third kappa shape index (κ3) is 6.32. The van der Waals surface area contributed by atoms with Crippen LogP contribution in [0.25, 0.3) is 0 Å². The summed E-state index contributed by atoms with van der Waals surface area (Å²) in [5.41, 5.74) is -0.0992. The van der Waals surface area contributed by atoms with Crippen LogP contribution in [0, 0.1) is 11.7 Å². The molecule has 6 nitrogen and oxygen atoms in total. The van der Waals surface area contributed by atoms with E-state index in [9.17, 15) is 23.9 Å². The molecule has 1 fully saturated rings. The Bertz CT molecular complexity index is 1050. The number of likely N-dealkylation sites (tertiary alicyclic amines) is 1. The van der Waals surface area contributed by atoms with E-state index >= 15 is 0 Å². The number of aromatic carboxylic acids is 1. The van der Waals surface area contributed by atoms with Crippen molar-refractivity contribution in [1.82, 2.24) is 4.90 Å². The fourth-order valence-corrected chi connectivity index (χ4v) is 3.97. The second-order valence-electron chi connectivity index (χ2n) is 9.20. The number of ketones is 1. The highest BCUT2D eigenvalue weighted by atomic mass is 35.5. The average Bonchev–Trinajstić information content (AvgIpc) is 2.74. The molecule has 1 saturated heterocycles. The number of ether oxygens (including phenoxy) is 1. The maximum Gasteiger partial charge on any atom is 0.410 e. The molecule has 8 heteroatoms. The van der Waals surface area contributed by atoms with E-state index in [1.54, 1.807) is 49.9 Å². The molecule has 176 valence electrons. The second kappa shape index (κ2) is 9.91. The van der Waals surface area contributed by atoms with Crippen molar-refractivity contribution >= 4 is 29.4 Å². The van der Waals surface area contributed by atoms with Gasteiger partial charge in [-0.1, -0.05) is 23.7 Å². The highest BCUT2D eigenvalue weighted by Gasteiger charge is 2.31. The summed E-state index contributed by atoms with van der Waals surface area (Å²) < 4.78 is 20.3. The lowest BCUT2D eigenvalue weighted by Gasteiger charge is -2.33. The summed E-state index contributed by atoms with van der Waals surface area (Å²) in [4.78, 5) is 38.7. The number of Topliss-reactive ketones (excluding diaryl/α,β-unsaturated/α-hetero) is 1. The van der Waals surface area contributed by atoms with Crippen LogP contribution in [0.5, 0.6) is 0 Å². The van der Waals surface area contributed by atoms with Gasteiger partial charge in [-0.05, 0) is 63.4 Å². The third-order valence-corrected chi connectivity index (χ3v) is 5.77. The Hall–Kier alpha value is -2.93. The molecule has 1 N–H and O–H groups in total. The Morgan fingerprint density at radius 2 is 1.73 bits per heavy atom. The number of carbonyl (C=O) groups excluding carboxylic acids is 2. The van der Waals surface area contributed by atoms with Crippen LogP contribution < -0.4 is 0 Å². The largest absolute Gasteiger partial charge is 0.478 e. The predicted molar refractivity (Wildman–Crippen MR) is 122 cm³/mol. The topological polar surface area (TPSA) is 83.9 Å². The molecule has 1 aliphatic rings. The van der Waals surface area contributed by atoms with Gasteiger partial charge in [0.25, 0.3) is 0 Å². The molecule has 0 radical (unpaired) electrons. The molecule has 0 saturated carbocycles. The molecule has 2 aromatic rings. The van der Waals surface area contributed by atoms with Crippen molar-refractivity contribution < 1.29 is 28.6 Å². The van der Waals surface area contributed by atoms with Crippen LogP contribution in [0.3, 0.4) is 0 Å². The first-order valence-electron chi connectivity index (χ1n) is 10.8. The molecule has 1 heterocycles. The Balaban J connectivity index is 1.75. The minimum Gasteiger partial charge on any atom is -0.478 e. The summed E-state index contributed by atoms with van der Waals surface area (Å²) in [6.07, 6.45) is 0.426. The molecule has 1 aliphatic heterocycles. The number of benzene rings is 2. The fraction of sp³-hybridized carbons (Fsp3) is 0.400. The van der Waals surface area contributed by atoms with Gasteiger partial charge in [-0.3, -0.25) is 4.79 Å². The molecule has 0 bridgehead atoms. The van der Waals surface area contributed by atoms with Crippen LogP contribution in [0.2, 0.25) is 5.02 Å². The summed E-state index contributed by atoms with van der Waals surface area (Å²) in [7, 11) is 0. The number of hydrogen-bond donors (Lipinski definition) is 1. The first kappa shape index (κ1) is 24.7. The van der Waals surface area contributed by atoms with Crippen LogP contribution in [0.15, 0.2) is 36.4 Å². The van der Waals surface area contributed by atoms with Crippen molar-refractivity contribution in [3.8, 4) is 0 Å². The molecular formula is C25H27ClFNO5. The van der Waals surface area contributed by atoms with Crippen molar-refractivity contribution in [2.75, 3.05) is 13.1 Å². The van der Waals surface area contributed by atoms with Gasteiger partial charge < -0.3 is 14.7 Å². The zero-order chi connectivity index (χ0) is 24.3. The van der Waals surface area contributed by atoms with Gasteiger partial charge >= 0.3 is 12.1 Å². The maximum atomic E-state index is 15.0. The summed E-state index contributed by atoms with van der Waals surface area (Å²) in [6.45, 7) is 6.04. The van der Waals surface area contributed by atoms with Crippen LogP contribution in [-0.4, -0.2) is 46.5 Å². The van der Waals surface area contributed by atoms with Crippen molar-refractivity contribution in [3.63, 3.8) is 0 Å². The average molecular weight is 476 g/mol. The zero-order valence-corrected chi connectivity index (χ0v) is 19.6. The maximum absolute atomic E-state index is 15.0. The molecular weight excluding hydrogens is 449 g/mol. The molecule has 0 atom stereocenters. The van der Waals surface area contributed by atoms with Gasteiger partial charge in [0.1, 0.15) is 11.4 Å². The van der Waals surface area contributed by atoms with E-state index in [0.717, 1.165) is 6.07 Å². The number of carbonyl (C=O) groups is 3. The molecule has 0 unspecified atom stereocenters. The molecule has 2 aromatic carbocycles. The number of carboxylic acids is 1. The smallest absolute Gasteiger partial charge is 0.410 e. The lowest BCUT2D eigenvalue weighted by atomic mass is 9.87. The van der Waals surface area contributed by atoms with Gasteiger partial charge in [0, 0.05) is 41.6 Å². The van der Waals surface area contributed by atoms with Crippen LogP contribution in [-0.2, 0) is 11.2 Å². The Morgan fingerprint density at radius 1 is 1.12 bits per heavy atom. The minimum absolute atomic E-state index is 0.0149. The van der Waals surface area contributed by atoms with E-state index in [4.69, 9.17) is 16.3 Å². The van der Waals surface area contributed by atoms with Gasteiger partial charge in [-0.2, -0.15) is 0 Å². The van der Waals surface area contributed by atoms with Gasteiger partial charge in [0.15, 0.2) is 5.78 Å². The van der Waals surface area contributed by atoms with E-state index in [1.165, 1.54) is 6.07 Å². The Labute approximate surface area is 197 Å². The zero-order valence-electron chi connectivity index (χ0n) is 18.9. The van der Waals surface area contributed by atoms with Gasteiger partial charge in [0.2, 0.25) is 0 Å². The minimum atomic E-state index is -1.30. The molecule has 1 amide bonds. The van der Waals surface area contributed by atoms with E-state index in [0.29, 0.717) is 36.5 Å². The highest BCUT2D eigenvalue weighted by molar-refractivity contribution is 6.30. The number of carboxylic acid groups (broad SMARTS) is 1. The van der Waals surface area contributed by atoms with E-state index in [2.05, 4.69) is 0 Å². The first-order valence-corrected chi connectivity index (χ1v) is 11.1. The molecule has 0 aliphatic carbocycles. The van der Waals surface area contributed by atoms with Gasteiger partial charge in [0.05, 0.1) is 5.56 Å². The summed E-state index contributed by atoms with van der Waals surface area (Å²) in [5.74, 6) is -2.78. The normalized spacial score (nSPS) is 14.8. The quantitative estimate of drug-likeness (QED) is 0.569. The summed E-state index contributed by atoms with van der Waals surface area (Å²) in [5, 5.41) is 10.2. The molecule has 33 heavy (non-hydrogen) atoms. The monoisotopic (exact) mass is 475 g/mol. The Kier molecular flexibility index (Phi) is 7.42. The third-order valence-electron chi connectivity index (χ3n) is 5.52. The standard InChI is InChI=1S/C25H27ClFNO5/c1-25(2,3)33-24(32)28-10-8-16(9-11-28)22(29)17-13-20(23(30)31)19(21(27)14-17)12-15-4-6-18(26)7-5-15/h4-7,13-14,16H,8-12H2,1-3H3,(H,30,31). The van der Waals surface area contributed by atoms with Crippen molar-refractivity contribution in [2.24, 2.45) is 5.92 Å². The van der Waals surface area contributed by atoms with Gasteiger partial charge in [-0.25, -0.2) is 14.0 Å². The van der Waals surface area contributed by atoms with E-state index in [-0.39, 0.29) is 28.9 Å². The molecule has 0 spiro atoms. The first-order chi connectivity index (χ1) is 15.4. The van der Waals surface area contributed by atoms with Crippen molar-refractivity contribution in [3.05, 3.63) is 69.5 Å². The summed E-state index contributed by atoms with van der Waals surface area (Å²) in [6, 6.07) is 9.06. The SMILES string of the molecule is CC(C)(C)OC(=O)N1CCC(C(=O)c2cc(F)c(Cc3ccc(Cl)cc3)c(C(=O)O)c2)CC1. The summed E-state index contributed by atoms with van der Waals surface area (Å²) >= 11 is 5.88. The number of piperidine rings is 1. The van der Waals surface area contributed by atoms with Crippen LogP contribution in [0.1, 0.15) is 65.5 Å². The lowest BCUT2D eigenvalue weighted by molar-refractivity contribution is 0.0182.